The van der Waals surface area contributed by atoms with Crippen molar-refractivity contribution in [2.24, 2.45) is 14.1 Å². The van der Waals surface area contributed by atoms with Gasteiger partial charge in [0.15, 0.2) is 0 Å². The van der Waals surface area contributed by atoms with E-state index < -0.39 is 0 Å². The summed E-state index contributed by atoms with van der Waals surface area (Å²) >= 11 is 1.22. The van der Waals surface area contributed by atoms with Crippen molar-refractivity contribution in [2.45, 2.75) is 13.0 Å². The summed E-state index contributed by atoms with van der Waals surface area (Å²) < 4.78 is 8.33. The summed E-state index contributed by atoms with van der Waals surface area (Å²) in [6, 6.07) is 1.49. The Kier molecular flexibility index (Phi) is 4.69. The lowest BCUT2D eigenvalue weighted by Crippen LogP contribution is -2.32. The highest BCUT2D eigenvalue weighted by molar-refractivity contribution is 7.20. The average Bonchev–Trinajstić information content (AvgIpc) is 3.14. The molecule has 3 heterocycles. The van der Waals surface area contributed by atoms with E-state index >= 15 is 0 Å². The molecule has 1 atom stereocenters. The molecular weight excluding hydrogens is 342 g/mol. The Labute approximate surface area is 148 Å². The van der Waals surface area contributed by atoms with Gasteiger partial charge in [0.2, 0.25) is 0 Å². The van der Waals surface area contributed by atoms with E-state index in [9.17, 15) is 9.59 Å². The standard InChI is InChI=1S/C16H19N5O3S/c1-9-12-15(17-8-20(2)16(12)23)25-13(9)14(22)19-10(7-24-4)11-5-6-18-21(11)3/h5-6,8,10H,7H2,1-4H3,(H,19,22). The number of aryl methyl sites for hydroxylation is 3. The topological polar surface area (TPSA) is 91.0 Å². The molecule has 3 rings (SSSR count). The van der Waals surface area contributed by atoms with Crippen LogP contribution < -0.4 is 10.9 Å². The molecule has 0 aliphatic rings. The third kappa shape index (κ3) is 3.08. The first-order valence-corrected chi connectivity index (χ1v) is 8.48. The molecule has 1 amide bonds. The molecule has 9 heteroatoms. The maximum absolute atomic E-state index is 12.8. The van der Waals surface area contributed by atoms with Crippen LogP contribution in [0.3, 0.4) is 0 Å². The molecule has 1 unspecified atom stereocenters. The third-order valence-corrected chi connectivity index (χ3v) is 5.27. The average molecular weight is 361 g/mol. The minimum Gasteiger partial charge on any atom is -0.382 e. The van der Waals surface area contributed by atoms with E-state index in [0.717, 1.165) is 5.69 Å². The zero-order chi connectivity index (χ0) is 18.1. The van der Waals surface area contributed by atoms with Crippen molar-refractivity contribution >= 4 is 27.5 Å². The van der Waals surface area contributed by atoms with Gasteiger partial charge < -0.3 is 14.6 Å². The van der Waals surface area contributed by atoms with Crippen LogP contribution in [-0.4, -0.2) is 39.0 Å². The number of thiophene rings is 1. The maximum Gasteiger partial charge on any atom is 0.262 e. The van der Waals surface area contributed by atoms with Crippen molar-refractivity contribution in [3.63, 3.8) is 0 Å². The van der Waals surface area contributed by atoms with Crippen LogP contribution in [0.25, 0.3) is 10.2 Å². The van der Waals surface area contributed by atoms with E-state index in [1.165, 1.54) is 22.2 Å². The summed E-state index contributed by atoms with van der Waals surface area (Å²) in [6.07, 6.45) is 3.13. The van der Waals surface area contributed by atoms with E-state index in [-0.39, 0.29) is 17.5 Å². The SMILES string of the molecule is COCC(NC(=O)c1sc2ncn(C)c(=O)c2c1C)c1ccnn1C. The highest BCUT2D eigenvalue weighted by Gasteiger charge is 2.23. The summed E-state index contributed by atoms with van der Waals surface area (Å²) in [6.45, 7) is 2.08. The number of aromatic nitrogens is 4. The normalized spacial score (nSPS) is 12.5. The van der Waals surface area contributed by atoms with Crippen LogP contribution >= 0.6 is 11.3 Å². The second-order valence-corrected chi connectivity index (χ2v) is 6.76. The Morgan fingerprint density at radius 2 is 2.20 bits per heavy atom. The largest absolute Gasteiger partial charge is 0.382 e. The first-order chi connectivity index (χ1) is 11.9. The fourth-order valence-electron chi connectivity index (χ4n) is 2.74. The third-order valence-electron chi connectivity index (χ3n) is 4.07. The molecule has 1 N–H and O–H groups in total. The van der Waals surface area contributed by atoms with Crippen molar-refractivity contribution in [1.82, 2.24) is 24.6 Å². The number of carbonyl (C=O) groups excluding carboxylic acids is 1. The monoisotopic (exact) mass is 361 g/mol. The van der Waals surface area contributed by atoms with Crippen LogP contribution in [0.4, 0.5) is 0 Å². The Morgan fingerprint density at radius 1 is 1.44 bits per heavy atom. The number of hydrogen-bond donors (Lipinski definition) is 1. The number of nitrogens with one attached hydrogen (secondary N) is 1. The van der Waals surface area contributed by atoms with Crippen molar-refractivity contribution in [1.29, 1.82) is 0 Å². The molecular formula is C16H19N5O3S. The van der Waals surface area contributed by atoms with Gasteiger partial charge in [0.25, 0.3) is 11.5 Å². The quantitative estimate of drug-likeness (QED) is 0.736. The van der Waals surface area contributed by atoms with Crippen LogP contribution in [0, 0.1) is 6.92 Å². The Bertz CT molecular complexity index is 987. The Balaban J connectivity index is 1.96. The lowest BCUT2D eigenvalue weighted by atomic mass is 10.1. The first kappa shape index (κ1) is 17.3. The predicted molar refractivity (Wildman–Crippen MR) is 94.9 cm³/mol. The lowest BCUT2D eigenvalue weighted by molar-refractivity contribution is 0.0896. The van der Waals surface area contributed by atoms with Crippen molar-refractivity contribution < 1.29 is 9.53 Å². The number of amides is 1. The molecule has 8 nitrogen and oxygen atoms in total. The molecule has 0 aliphatic carbocycles. The summed E-state index contributed by atoms with van der Waals surface area (Å²) in [7, 11) is 5.03. The minimum absolute atomic E-state index is 0.155. The van der Waals surface area contributed by atoms with E-state index in [2.05, 4.69) is 15.4 Å². The van der Waals surface area contributed by atoms with E-state index in [0.29, 0.717) is 27.3 Å². The highest BCUT2D eigenvalue weighted by atomic mass is 32.1. The number of rotatable bonds is 5. The van der Waals surface area contributed by atoms with Gasteiger partial charge in [-0.2, -0.15) is 5.10 Å². The van der Waals surface area contributed by atoms with Crippen LogP contribution in [0.1, 0.15) is 27.0 Å². The van der Waals surface area contributed by atoms with E-state index in [1.807, 2.05) is 13.1 Å². The van der Waals surface area contributed by atoms with Crippen LogP contribution in [-0.2, 0) is 18.8 Å². The number of nitrogens with zero attached hydrogens (tertiary/aromatic N) is 4. The van der Waals surface area contributed by atoms with Crippen LogP contribution in [0.15, 0.2) is 23.4 Å². The second-order valence-electron chi connectivity index (χ2n) is 5.76. The maximum atomic E-state index is 12.8. The second kappa shape index (κ2) is 6.77. The molecule has 0 aromatic carbocycles. The molecule has 0 bridgehead atoms. The predicted octanol–water partition coefficient (Wildman–Crippen LogP) is 1.15. The summed E-state index contributed by atoms with van der Waals surface area (Å²) in [4.78, 5) is 30.4. The summed E-state index contributed by atoms with van der Waals surface area (Å²) in [5.41, 5.74) is 1.33. The van der Waals surface area contributed by atoms with Gasteiger partial charge in [0.05, 0.1) is 34.9 Å². The zero-order valence-electron chi connectivity index (χ0n) is 14.4. The van der Waals surface area contributed by atoms with Gasteiger partial charge in [-0.05, 0) is 18.6 Å². The van der Waals surface area contributed by atoms with Gasteiger partial charge in [-0.15, -0.1) is 11.3 Å². The number of ether oxygens (including phenoxy) is 1. The minimum atomic E-state index is -0.342. The number of carbonyl (C=O) groups is 1. The molecule has 3 aromatic rings. The van der Waals surface area contributed by atoms with Crippen LogP contribution in [0.2, 0.25) is 0 Å². The van der Waals surface area contributed by atoms with Gasteiger partial charge in [0, 0.05) is 27.4 Å². The Morgan fingerprint density at radius 3 is 2.84 bits per heavy atom. The van der Waals surface area contributed by atoms with Crippen molar-refractivity contribution in [2.75, 3.05) is 13.7 Å². The fourth-order valence-corrected chi connectivity index (χ4v) is 3.79. The first-order valence-electron chi connectivity index (χ1n) is 7.66. The number of fused-ring (bicyclic) bond motifs is 1. The molecule has 3 aromatic heterocycles. The molecule has 0 fully saturated rings. The molecule has 25 heavy (non-hydrogen) atoms. The van der Waals surface area contributed by atoms with Gasteiger partial charge >= 0.3 is 0 Å². The fraction of sp³-hybridized carbons (Fsp3) is 0.375. The molecule has 0 radical (unpaired) electrons. The molecule has 132 valence electrons. The highest BCUT2D eigenvalue weighted by Crippen LogP contribution is 2.27. The van der Waals surface area contributed by atoms with E-state index in [1.54, 1.807) is 32.0 Å². The summed E-state index contributed by atoms with van der Waals surface area (Å²) in [5.74, 6) is -0.259. The van der Waals surface area contributed by atoms with Gasteiger partial charge in [-0.1, -0.05) is 0 Å². The summed E-state index contributed by atoms with van der Waals surface area (Å²) in [5, 5.41) is 7.58. The van der Waals surface area contributed by atoms with Gasteiger partial charge in [0.1, 0.15) is 4.83 Å². The van der Waals surface area contributed by atoms with Crippen molar-refractivity contribution in [3.05, 3.63) is 45.1 Å². The molecule has 0 saturated carbocycles. The Hall–Kier alpha value is -2.52. The zero-order valence-corrected chi connectivity index (χ0v) is 15.3. The van der Waals surface area contributed by atoms with Crippen molar-refractivity contribution in [3.8, 4) is 0 Å². The molecule has 0 saturated heterocycles. The number of hydrogen-bond acceptors (Lipinski definition) is 6. The van der Waals surface area contributed by atoms with E-state index in [4.69, 9.17) is 4.74 Å². The van der Waals surface area contributed by atoms with Gasteiger partial charge in [-0.3, -0.25) is 14.3 Å². The number of methoxy groups -OCH3 is 1. The van der Waals surface area contributed by atoms with Gasteiger partial charge in [-0.25, -0.2) is 4.98 Å². The van der Waals surface area contributed by atoms with Crippen LogP contribution in [0.5, 0.6) is 0 Å². The lowest BCUT2D eigenvalue weighted by Gasteiger charge is -2.18. The smallest absolute Gasteiger partial charge is 0.262 e. The molecule has 0 spiro atoms. The molecule has 0 aliphatic heterocycles.